The van der Waals surface area contributed by atoms with Gasteiger partial charge in [0.2, 0.25) is 5.91 Å². The molecule has 1 atom stereocenters. The molecule has 3 aromatic rings. The highest BCUT2D eigenvalue weighted by atomic mass is 16.5. The number of carbonyl (C=O) groups is 1. The molecule has 2 aromatic heterocycles. The predicted molar refractivity (Wildman–Crippen MR) is 155 cm³/mol. The van der Waals surface area contributed by atoms with E-state index in [0.717, 1.165) is 93.0 Å². The van der Waals surface area contributed by atoms with Gasteiger partial charge >= 0.3 is 0 Å². The molecule has 0 spiro atoms. The lowest BCUT2D eigenvalue weighted by Crippen LogP contribution is -2.52. The Morgan fingerprint density at radius 1 is 0.900 bits per heavy atom. The average molecular weight is 544 g/mol. The van der Waals surface area contributed by atoms with Crippen molar-refractivity contribution < 1.29 is 14.6 Å². The van der Waals surface area contributed by atoms with Crippen LogP contribution >= 0.6 is 0 Å². The second kappa shape index (κ2) is 11.7. The third kappa shape index (κ3) is 5.68. The normalized spacial score (nSPS) is 20.3. The van der Waals surface area contributed by atoms with Crippen molar-refractivity contribution in [2.75, 3.05) is 73.6 Å². The van der Waals surface area contributed by atoms with E-state index in [-0.39, 0.29) is 17.7 Å². The first-order valence-electron chi connectivity index (χ1n) is 14.1. The Hall–Kier alpha value is -3.89. The third-order valence-electron chi connectivity index (χ3n) is 8.19. The Kier molecular flexibility index (Phi) is 7.70. The molecule has 3 fully saturated rings. The minimum Gasteiger partial charge on any atom is -0.506 e. The molecule has 1 aromatic carbocycles. The summed E-state index contributed by atoms with van der Waals surface area (Å²) in [7, 11) is 0. The summed E-state index contributed by atoms with van der Waals surface area (Å²) in [6, 6.07) is 13.6. The summed E-state index contributed by atoms with van der Waals surface area (Å²) in [4.78, 5) is 31.2. The van der Waals surface area contributed by atoms with Crippen molar-refractivity contribution in [3.63, 3.8) is 0 Å². The van der Waals surface area contributed by atoms with Crippen LogP contribution in [0.3, 0.4) is 0 Å². The van der Waals surface area contributed by atoms with E-state index in [4.69, 9.17) is 4.74 Å². The molecule has 0 bridgehead atoms. The molecule has 5 heterocycles. The lowest BCUT2D eigenvalue weighted by molar-refractivity contribution is -0.121. The van der Waals surface area contributed by atoms with Crippen LogP contribution < -0.4 is 24.8 Å². The molecule has 2 N–H and O–H groups in total. The number of nitrogens with zero attached hydrogens (tertiary/aromatic N) is 6. The van der Waals surface area contributed by atoms with Crippen molar-refractivity contribution in [3.8, 4) is 11.5 Å². The number of piperazine rings is 2. The molecule has 3 aliphatic rings. The van der Waals surface area contributed by atoms with Crippen LogP contribution in [0.25, 0.3) is 0 Å². The molecule has 1 amide bonds. The van der Waals surface area contributed by atoms with Gasteiger partial charge in [-0.3, -0.25) is 9.69 Å². The van der Waals surface area contributed by atoms with E-state index < -0.39 is 0 Å². The minimum atomic E-state index is -0.101. The molecular weight excluding hydrogens is 506 g/mol. The molecule has 210 valence electrons. The second-order valence-electron chi connectivity index (χ2n) is 10.7. The summed E-state index contributed by atoms with van der Waals surface area (Å²) in [5.74, 6) is 2.91. The Balaban J connectivity index is 1.05. The zero-order valence-corrected chi connectivity index (χ0v) is 23.0. The van der Waals surface area contributed by atoms with E-state index >= 15 is 0 Å². The van der Waals surface area contributed by atoms with E-state index in [1.807, 2.05) is 29.2 Å². The van der Waals surface area contributed by atoms with Gasteiger partial charge < -0.3 is 29.9 Å². The summed E-state index contributed by atoms with van der Waals surface area (Å²) < 4.78 is 6.10. The maximum Gasteiger partial charge on any atom is 0.244 e. The molecule has 1 unspecified atom stereocenters. The first-order chi connectivity index (χ1) is 19.5. The number of pyridine rings is 2. The summed E-state index contributed by atoms with van der Waals surface area (Å²) >= 11 is 0. The Labute approximate surface area is 235 Å². The predicted octanol–water partition coefficient (Wildman–Crippen LogP) is 2.41. The zero-order chi connectivity index (χ0) is 27.5. The van der Waals surface area contributed by atoms with E-state index in [2.05, 4.69) is 49.0 Å². The molecule has 0 aliphatic carbocycles. The number of aromatic nitrogens is 2. The number of benzene rings is 1. The van der Waals surface area contributed by atoms with E-state index in [1.165, 1.54) is 6.20 Å². The number of aromatic hydroxyl groups is 1. The van der Waals surface area contributed by atoms with Crippen LogP contribution in [0, 0.1) is 6.92 Å². The van der Waals surface area contributed by atoms with Crippen molar-refractivity contribution in [2.45, 2.75) is 26.0 Å². The third-order valence-corrected chi connectivity index (χ3v) is 8.19. The summed E-state index contributed by atoms with van der Waals surface area (Å²) in [6.45, 7) is 10.3. The highest BCUT2D eigenvalue weighted by Crippen LogP contribution is 2.28. The number of carbonyl (C=O) groups excluding carboxylic acids is 1. The molecular formula is C30H37N7O3. The van der Waals surface area contributed by atoms with Crippen molar-refractivity contribution in [2.24, 2.45) is 0 Å². The molecule has 0 saturated carbocycles. The fourth-order valence-corrected chi connectivity index (χ4v) is 5.77. The fourth-order valence-electron chi connectivity index (χ4n) is 5.77. The quantitative estimate of drug-likeness (QED) is 0.466. The monoisotopic (exact) mass is 543 g/mol. The van der Waals surface area contributed by atoms with Crippen LogP contribution in [-0.2, 0) is 11.4 Å². The van der Waals surface area contributed by atoms with Gasteiger partial charge in [0.1, 0.15) is 29.7 Å². The Morgan fingerprint density at radius 3 is 2.33 bits per heavy atom. The smallest absolute Gasteiger partial charge is 0.244 e. The maximum atomic E-state index is 13.5. The van der Waals surface area contributed by atoms with Gasteiger partial charge in [-0.15, -0.1) is 0 Å². The standard InChI is InChI=1S/C30H37N7O3/c1-22-2-3-24(18-23(22)21-40-26-5-7-29(33-20-26)35-12-9-31-10-13-35)37-11-8-27(30(37)39)34-14-16-36(17-15-34)28-6-4-25(38)19-32-28/h2-7,18-20,27,31,38H,8-17,21H2,1H3. The van der Waals surface area contributed by atoms with Gasteiger partial charge in [0, 0.05) is 64.6 Å². The number of hydrogen-bond acceptors (Lipinski definition) is 9. The Bertz CT molecular complexity index is 1300. The fraction of sp³-hybridized carbons (Fsp3) is 0.433. The number of nitrogens with one attached hydrogen (secondary N) is 1. The molecule has 40 heavy (non-hydrogen) atoms. The lowest BCUT2D eigenvalue weighted by atomic mass is 10.1. The average Bonchev–Trinajstić information content (AvgIpc) is 3.39. The molecule has 0 radical (unpaired) electrons. The van der Waals surface area contributed by atoms with Crippen LogP contribution in [0.15, 0.2) is 54.9 Å². The lowest BCUT2D eigenvalue weighted by Gasteiger charge is -2.37. The molecule has 6 rings (SSSR count). The van der Waals surface area contributed by atoms with Gasteiger partial charge in [0.25, 0.3) is 0 Å². The molecule has 3 saturated heterocycles. The van der Waals surface area contributed by atoms with E-state index in [9.17, 15) is 9.90 Å². The van der Waals surface area contributed by atoms with E-state index in [1.54, 1.807) is 12.3 Å². The van der Waals surface area contributed by atoms with Gasteiger partial charge in [0.15, 0.2) is 0 Å². The Morgan fingerprint density at radius 2 is 1.62 bits per heavy atom. The van der Waals surface area contributed by atoms with Gasteiger partial charge in [0.05, 0.1) is 18.4 Å². The molecule has 10 heteroatoms. The summed E-state index contributed by atoms with van der Waals surface area (Å²) in [5.41, 5.74) is 3.13. The first kappa shape index (κ1) is 26.3. The van der Waals surface area contributed by atoms with Gasteiger partial charge in [-0.05, 0) is 60.9 Å². The van der Waals surface area contributed by atoms with Gasteiger partial charge in [-0.2, -0.15) is 0 Å². The largest absolute Gasteiger partial charge is 0.506 e. The van der Waals surface area contributed by atoms with Gasteiger partial charge in [-0.25, -0.2) is 9.97 Å². The van der Waals surface area contributed by atoms with Crippen LogP contribution in [0.1, 0.15) is 17.5 Å². The first-order valence-corrected chi connectivity index (χ1v) is 14.1. The van der Waals surface area contributed by atoms with Crippen molar-refractivity contribution >= 4 is 23.2 Å². The van der Waals surface area contributed by atoms with Crippen molar-refractivity contribution in [3.05, 3.63) is 66.0 Å². The summed E-state index contributed by atoms with van der Waals surface area (Å²) in [5, 5.41) is 12.9. The number of hydrogen-bond donors (Lipinski definition) is 2. The SMILES string of the molecule is Cc1ccc(N2CCC(N3CCN(c4ccc(O)cn4)CC3)C2=O)cc1COc1ccc(N2CCNCC2)nc1. The number of amides is 1. The second-order valence-corrected chi connectivity index (χ2v) is 10.7. The topological polar surface area (TPSA) is 97.3 Å². The van der Waals surface area contributed by atoms with Crippen LogP contribution in [-0.4, -0.2) is 90.8 Å². The number of aryl methyl sites for hydroxylation is 1. The number of rotatable bonds is 7. The van der Waals surface area contributed by atoms with Gasteiger partial charge in [-0.1, -0.05) is 6.07 Å². The van der Waals surface area contributed by atoms with Crippen LogP contribution in [0.4, 0.5) is 17.3 Å². The van der Waals surface area contributed by atoms with Crippen LogP contribution in [0.5, 0.6) is 11.5 Å². The maximum absolute atomic E-state index is 13.5. The number of anilines is 3. The zero-order valence-electron chi connectivity index (χ0n) is 23.0. The molecule has 10 nitrogen and oxygen atoms in total. The highest BCUT2D eigenvalue weighted by molar-refractivity contribution is 5.99. The molecule has 3 aliphatic heterocycles. The minimum absolute atomic E-state index is 0.101. The van der Waals surface area contributed by atoms with Crippen molar-refractivity contribution in [1.29, 1.82) is 0 Å². The number of ether oxygens (including phenoxy) is 1. The van der Waals surface area contributed by atoms with E-state index in [0.29, 0.717) is 13.2 Å². The highest BCUT2D eigenvalue weighted by Gasteiger charge is 2.38. The summed E-state index contributed by atoms with van der Waals surface area (Å²) in [6.07, 6.45) is 4.09. The van der Waals surface area contributed by atoms with Crippen LogP contribution in [0.2, 0.25) is 0 Å². The van der Waals surface area contributed by atoms with Crippen molar-refractivity contribution in [1.82, 2.24) is 20.2 Å².